The fourth-order valence-electron chi connectivity index (χ4n) is 6.40. The Kier molecular flexibility index (Phi) is 10.7. The maximum absolute atomic E-state index is 13.0. The zero-order valence-electron chi connectivity index (χ0n) is 28.2. The van der Waals surface area contributed by atoms with Gasteiger partial charge in [0.25, 0.3) is 0 Å². The van der Waals surface area contributed by atoms with Crippen molar-refractivity contribution in [2.24, 2.45) is 16.3 Å². The Hall–Kier alpha value is -5.25. The molecule has 10 nitrogen and oxygen atoms in total. The van der Waals surface area contributed by atoms with Crippen LogP contribution in [0.5, 0.6) is 0 Å². The van der Waals surface area contributed by atoms with Gasteiger partial charge in [-0.15, -0.1) is 0 Å². The molecule has 0 bridgehead atoms. The van der Waals surface area contributed by atoms with Crippen molar-refractivity contribution in [3.8, 4) is 11.1 Å². The molecule has 3 N–H and O–H groups in total. The topological polar surface area (TPSA) is 152 Å². The van der Waals surface area contributed by atoms with E-state index in [-0.39, 0.29) is 42.0 Å². The van der Waals surface area contributed by atoms with Gasteiger partial charge >= 0.3 is 18.0 Å². The number of carboxylic acids is 1. The molecule has 0 saturated carbocycles. The van der Waals surface area contributed by atoms with Crippen molar-refractivity contribution < 1.29 is 38.9 Å². The van der Waals surface area contributed by atoms with E-state index in [1.54, 1.807) is 24.3 Å². The first kappa shape index (κ1) is 35.1. The van der Waals surface area contributed by atoms with Crippen molar-refractivity contribution in [2.45, 2.75) is 71.9 Å². The summed E-state index contributed by atoms with van der Waals surface area (Å²) in [6, 6.07) is 21.0. The highest BCUT2D eigenvalue weighted by Crippen LogP contribution is 2.44. The summed E-state index contributed by atoms with van der Waals surface area (Å²) in [6.07, 6.45) is -0.293. The molecule has 5 rings (SSSR count). The number of aliphatic carboxylic acids is 1. The fourth-order valence-corrected chi connectivity index (χ4v) is 6.40. The third-order valence-electron chi connectivity index (χ3n) is 8.65. The zero-order chi connectivity index (χ0) is 35.3. The van der Waals surface area contributed by atoms with Gasteiger partial charge in [0, 0.05) is 18.8 Å². The van der Waals surface area contributed by atoms with Crippen LogP contribution in [0.25, 0.3) is 11.1 Å². The maximum atomic E-state index is 13.0. The predicted octanol–water partition coefficient (Wildman–Crippen LogP) is 7.43. The summed E-state index contributed by atoms with van der Waals surface area (Å²) in [5, 5.41) is 22.7. The van der Waals surface area contributed by atoms with Crippen LogP contribution in [-0.4, -0.2) is 52.4 Å². The zero-order valence-corrected chi connectivity index (χ0v) is 28.2. The number of alkyl carbamates (subject to hydrolysis) is 1. The van der Waals surface area contributed by atoms with Crippen LogP contribution in [0.3, 0.4) is 0 Å². The predicted molar refractivity (Wildman–Crippen MR) is 185 cm³/mol. The molecule has 49 heavy (non-hydrogen) atoms. The number of hydrogen-bond acceptors (Lipinski definition) is 8. The quantitative estimate of drug-likeness (QED) is 0.133. The number of nitrogens with zero attached hydrogens (tertiary/aromatic N) is 1. The second-order valence-corrected chi connectivity index (χ2v) is 13.8. The first-order valence-corrected chi connectivity index (χ1v) is 16.4. The number of aliphatic imine (C=N–C) groups is 1. The molecule has 0 saturated heterocycles. The lowest BCUT2D eigenvalue weighted by atomic mass is 9.75. The van der Waals surface area contributed by atoms with Crippen LogP contribution in [0.2, 0.25) is 0 Å². The van der Waals surface area contributed by atoms with Gasteiger partial charge in [-0.1, -0.05) is 88.4 Å². The number of carbonyl (C=O) groups is 4. The molecule has 2 aliphatic carbocycles. The van der Waals surface area contributed by atoms with E-state index in [1.165, 1.54) is 0 Å². The number of aliphatic hydroxyl groups is 1. The van der Waals surface area contributed by atoms with Gasteiger partial charge in [0.05, 0.1) is 23.4 Å². The van der Waals surface area contributed by atoms with Crippen molar-refractivity contribution in [1.29, 1.82) is 0 Å². The molecule has 0 radical (unpaired) electrons. The number of carbonyl (C=O) groups excluding carboxylic acids is 3. The minimum atomic E-state index is -1.54. The number of allylic oxidation sites excluding steroid dienone is 2. The third-order valence-corrected chi connectivity index (χ3v) is 8.65. The van der Waals surface area contributed by atoms with E-state index >= 15 is 0 Å². The smallest absolute Gasteiger partial charge is 0.407 e. The lowest BCUT2D eigenvalue weighted by Gasteiger charge is -2.30. The highest BCUT2D eigenvalue weighted by molar-refractivity contribution is 6.23. The first-order valence-electron chi connectivity index (χ1n) is 16.4. The number of rotatable bonds is 12. The van der Waals surface area contributed by atoms with Crippen molar-refractivity contribution in [3.05, 3.63) is 101 Å². The van der Waals surface area contributed by atoms with E-state index in [0.29, 0.717) is 41.8 Å². The summed E-state index contributed by atoms with van der Waals surface area (Å²) >= 11 is 0. The average Bonchev–Trinajstić information content (AvgIpc) is 3.35. The van der Waals surface area contributed by atoms with Crippen LogP contribution in [0.4, 0.5) is 10.5 Å². The number of benzene rings is 3. The number of hydrogen-bond donors (Lipinski definition) is 3. The lowest BCUT2D eigenvalue weighted by Crippen LogP contribution is -2.43. The van der Waals surface area contributed by atoms with E-state index in [9.17, 15) is 29.4 Å². The highest BCUT2D eigenvalue weighted by atomic mass is 16.6. The van der Waals surface area contributed by atoms with Crippen LogP contribution in [0.15, 0.2) is 89.1 Å². The molecule has 0 aliphatic heterocycles. The summed E-state index contributed by atoms with van der Waals surface area (Å²) in [5.74, 6) is -2.26. The minimum absolute atomic E-state index is 0.00288. The van der Waals surface area contributed by atoms with Crippen LogP contribution < -0.4 is 5.32 Å². The second kappa shape index (κ2) is 14.9. The Morgan fingerprint density at radius 2 is 1.51 bits per heavy atom. The fraction of sp³-hybridized carbons (Fsp3) is 0.359. The highest BCUT2D eigenvalue weighted by Gasteiger charge is 2.35. The SMILES string of the molecule is CC(C)CC(=Nc1ccc(COC(=O)CC(NC(=O)OCC2c3ccccc3-c3ccccc32)C(=O)O)cc1)C1=C(O)CC(C)(C)CC1=O. The summed E-state index contributed by atoms with van der Waals surface area (Å²) in [6.45, 7) is 7.81. The van der Waals surface area contributed by atoms with Gasteiger partial charge in [-0.2, -0.15) is 0 Å². The number of esters is 1. The number of nitrogens with one attached hydrogen (secondary N) is 1. The van der Waals surface area contributed by atoms with Gasteiger partial charge in [0.2, 0.25) is 0 Å². The normalized spacial score (nSPS) is 16.2. The number of aliphatic hydroxyl groups excluding tert-OH is 1. The molecule has 3 aromatic rings. The summed E-state index contributed by atoms with van der Waals surface area (Å²) < 4.78 is 10.7. The summed E-state index contributed by atoms with van der Waals surface area (Å²) in [7, 11) is 0. The summed E-state index contributed by atoms with van der Waals surface area (Å²) in [4.78, 5) is 54.8. The molecular weight excluding hydrogens is 624 g/mol. The first-order chi connectivity index (χ1) is 23.3. The van der Waals surface area contributed by atoms with Crippen molar-refractivity contribution in [3.63, 3.8) is 0 Å². The molecule has 1 amide bonds. The molecule has 2 aliphatic rings. The van der Waals surface area contributed by atoms with Gasteiger partial charge in [-0.3, -0.25) is 14.6 Å². The molecule has 1 atom stereocenters. The van der Waals surface area contributed by atoms with Gasteiger partial charge in [0.1, 0.15) is 25.0 Å². The molecule has 0 spiro atoms. The lowest BCUT2D eigenvalue weighted by molar-refractivity contribution is -0.150. The summed E-state index contributed by atoms with van der Waals surface area (Å²) in [5.41, 5.74) is 5.89. The van der Waals surface area contributed by atoms with E-state index in [1.807, 2.05) is 76.2 Å². The monoisotopic (exact) mass is 666 g/mol. The van der Waals surface area contributed by atoms with Gasteiger partial charge in [-0.25, -0.2) is 9.59 Å². The van der Waals surface area contributed by atoms with Gasteiger partial charge in [-0.05, 0) is 57.7 Å². The molecule has 10 heteroatoms. The van der Waals surface area contributed by atoms with E-state index in [0.717, 1.165) is 22.3 Å². The molecule has 3 aromatic carbocycles. The standard InChI is InChI=1S/C39H42N2O8/c1-23(2)17-31(36-33(42)19-39(3,4)20-34(36)43)40-25-15-13-24(14-16-25)21-48-35(44)18-32(37(45)46)41-38(47)49-22-30-28-11-7-5-9-26(28)27-10-6-8-12-29(27)30/h5-16,23,30,32,42H,17-22H2,1-4H3,(H,41,47)(H,45,46). The Morgan fingerprint density at radius 3 is 2.08 bits per heavy atom. The molecule has 0 fully saturated rings. The Bertz CT molecular complexity index is 1760. The Labute approximate surface area is 285 Å². The van der Waals surface area contributed by atoms with Crippen molar-refractivity contribution in [2.75, 3.05) is 6.61 Å². The van der Waals surface area contributed by atoms with Crippen LogP contribution in [0, 0.1) is 11.3 Å². The number of ketones is 1. The van der Waals surface area contributed by atoms with Gasteiger partial charge < -0.3 is 25.0 Å². The van der Waals surface area contributed by atoms with Crippen molar-refractivity contribution in [1.82, 2.24) is 5.32 Å². The van der Waals surface area contributed by atoms with Crippen LogP contribution >= 0.6 is 0 Å². The Balaban J connectivity index is 1.15. The number of amides is 1. The van der Waals surface area contributed by atoms with E-state index in [2.05, 4.69) is 5.32 Å². The van der Waals surface area contributed by atoms with Crippen molar-refractivity contribution >= 4 is 35.2 Å². The Morgan fingerprint density at radius 1 is 0.898 bits per heavy atom. The molecule has 0 aromatic heterocycles. The second-order valence-electron chi connectivity index (χ2n) is 13.8. The van der Waals surface area contributed by atoms with Crippen LogP contribution in [-0.2, 0) is 30.5 Å². The van der Waals surface area contributed by atoms with Gasteiger partial charge in [0.15, 0.2) is 5.78 Å². The average molecular weight is 667 g/mol. The molecule has 0 heterocycles. The number of Topliss-reactive ketones (excluding diaryl/α,β-unsaturated/α-hetero) is 1. The minimum Gasteiger partial charge on any atom is -0.511 e. The molecule has 1 unspecified atom stereocenters. The van der Waals surface area contributed by atoms with Crippen LogP contribution in [0.1, 0.15) is 76.0 Å². The number of fused-ring (bicyclic) bond motifs is 3. The number of ether oxygens (including phenoxy) is 2. The third kappa shape index (κ3) is 8.62. The largest absolute Gasteiger partial charge is 0.511 e. The number of carboxylic acid groups (broad SMARTS) is 1. The molecular formula is C39H42N2O8. The van der Waals surface area contributed by atoms with E-state index < -0.39 is 30.5 Å². The van der Waals surface area contributed by atoms with E-state index in [4.69, 9.17) is 14.5 Å². The molecule has 256 valence electrons. The maximum Gasteiger partial charge on any atom is 0.407 e.